The molecular weight excluding hydrogens is 382 g/mol. The molecule has 9 heteroatoms. The molecule has 2 atom stereocenters. The first-order chi connectivity index (χ1) is 14.7. The molecule has 2 N–H and O–H groups in total. The van der Waals surface area contributed by atoms with Crippen LogP contribution in [0, 0.1) is 23.2 Å². The van der Waals surface area contributed by atoms with Gasteiger partial charge >= 0.3 is 0 Å². The smallest absolute Gasteiger partial charge is 0.194 e. The van der Waals surface area contributed by atoms with E-state index in [2.05, 4.69) is 32.2 Å². The number of fused-ring (bicyclic) bond motifs is 1. The topological polar surface area (TPSA) is 115 Å². The Kier molecular flexibility index (Phi) is 4.48. The normalized spacial score (nSPS) is 20.2. The van der Waals surface area contributed by atoms with E-state index in [1.807, 2.05) is 12.1 Å². The van der Waals surface area contributed by atoms with E-state index >= 15 is 0 Å². The van der Waals surface area contributed by atoms with E-state index in [-0.39, 0.29) is 5.82 Å². The third-order valence-electron chi connectivity index (χ3n) is 5.78. The van der Waals surface area contributed by atoms with Crippen molar-refractivity contribution in [1.29, 1.82) is 5.26 Å². The van der Waals surface area contributed by atoms with E-state index in [1.165, 1.54) is 17.2 Å². The van der Waals surface area contributed by atoms with Gasteiger partial charge in [0.25, 0.3) is 0 Å². The molecule has 1 aromatic carbocycles. The van der Waals surface area contributed by atoms with Crippen molar-refractivity contribution in [3.63, 3.8) is 0 Å². The Bertz CT molecular complexity index is 1110. The molecule has 3 aromatic rings. The van der Waals surface area contributed by atoms with Crippen molar-refractivity contribution >= 4 is 11.5 Å². The molecule has 2 unspecified atom stereocenters. The molecule has 0 amide bonds. The van der Waals surface area contributed by atoms with Gasteiger partial charge in [0, 0.05) is 42.2 Å². The summed E-state index contributed by atoms with van der Waals surface area (Å²) in [6.45, 7) is 3.53. The third-order valence-corrected chi connectivity index (χ3v) is 5.78. The van der Waals surface area contributed by atoms with Crippen LogP contribution in [0.4, 0.5) is 11.5 Å². The van der Waals surface area contributed by atoms with Crippen LogP contribution in [0.2, 0.25) is 0 Å². The molecular formula is C21H21N7O2. The van der Waals surface area contributed by atoms with E-state index in [4.69, 9.17) is 15.2 Å². The summed E-state index contributed by atoms with van der Waals surface area (Å²) >= 11 is 0. The van der Waals surface area contributed by atoms with Gasteiger partial charge < -0.3 is 20.1 Å². The molecule has 4 heterocycles. The first-order valence-corrected chi connectivity index (χ1v) is 9.75. The van der Waals surface area contributed by atoms with Gasteiger partial charge in [0.1, 0.15) is 23.2 Å². The molecule has 2 aromatic heterocycles. The molecule has 0 saturated carbocycles. The number of nitriles is 1. The summed E-state index contributed by atoms with van der Waals surface area (Å²) in [5, 5.41) is 18.1. The largest absolute Gasteiger partial charge is 0.497 e. The number of rotatable bonds is 4. The van der Waals surface area contributed by atoms with Crippen LogP contribution < -0.4 is 15.4 Å². The van der Waals surface area contributed by atoms with Crippen LogP contribution in [0.15, 0.2) is 36.7 Å². The number of nitrogens with two attached hydrogens (primary N) is 1. The van der Waals surface area contributed by atoms with Crippen molar-refractivity contribution in [2.24, 2.45) is 11.8 Å². The van der Waals surface area contributed by atoms with E-state index in [1.54, 1.807) is 13.2 Å². The minimum absolute atomic E-state index is 0.286. The molecule has 152 valence electrons. The molecule has 0 bridgehead atoms. The highest BCUT2D eigenvalue weighted by Crippen LogP contribution is 2.38. The minimum Gasteiger partial charge on any atom is -0.497 e. The van der Waals surface area contributed by atoms with Crippen LogP contribution in [-0.2, 0) is 4.74 Å². The molecule has 0 aliphatic carbocycles. The third kappa shape index (κ3) is 3.11. The first kappa shape index (κ1) is 18.4. The maximum Gasteiger partial charge on any atom is 0.194 e. The Hall–Kier alpha value is -3.64. The molecule has 2 fully saturated rings. The van der Waals surface area contributed by atoms with Gasteiger partial charge in [0.05, 0.1) is 32.7 Å². The second-order valence-corrected chi connectivity index (χ2v) is 7.61. The number of nitrogens with zero attached hydrogens (tertiary/aromatic N) is 6. The number of aromatic nitrogens is 4. The van der Waals surface area contributed by atoms with E-state index < -0.39 is 0 Å². The van der Waals surface area contributed by atoms with Crippen molar-refractivity contribution in [3.05, 3.63) is 42.2 Å². The predicted molar refractivity (Wildman–Crippen MR) is 110 cm³/mol. The highest BCUT2D eigenvalue weighted by Gasteiger charge is 2.37. The monoisotopic (exact) mass is 403 g/mol. The highest BCUT2D eigenvalue weighted by atomic mass is 16.5. The molecule has 2 aliphatic heterocycles. The number of methoxy groups -OCH3 is 1. The van der Waals surface area contributed by atoms with Gasteiger partial charge in [-0.2, -0.15) is 15.5 Å². The lowest BCUT2D eigenvalue weighted by Crippen LogP contribution is -2.22. The van der Waals surface area contributed by atoms with Crippen LogP contribution in [0.3, 0.4) is 0 Å². The molecule has 5 rings (SSSR count). The molecule has 30 heavy (non-hydrogen) atoms. The molecule has 2 aliphatic rings. The number of hydrogen-bond donors (Lipinski definition) is 1. The Morgan fingerprint density at radius 3 is 2.53 bits per heavy atom. The van der Waals surface area contributed by atoms with Gasteiger partial charge in [-0.05, 0) is 23.8 Å². The summed E-state index contributed by atoms with van der Waals surface area (Å²) in [6, 6.07) is 9.95. The second-order valence-electron chi connectivity index (χ2n) is 7.61. The van der Waals surface area contributed by atoms with E-state index in [0.29, 0.717) is 34.5 Å². The number of pyridine rings is 1. The lowest BCUT2D eigenvalue weighted by molar-refractivity contribution is 0.177. The molecule has 0 spiro atoms. The maximum atomic E-state index is 9.91. The van der Waals surface area contributed by atoms with Crippen molar-refractivity contribution in [2.45, 2.75) is 0 Å². The SMILES string of the molecule is COc1cc(-c2cc(N)nc(-n3nccn3)c2C#N)cc(N2CC3COCC3C2)c1. The summed E-state index contributed by atoms with van der Waals surface area (Å²) in [7, 11) is 1.64. The van der Waals surface area contributed by atoms with Crippen molar-refractivity contribution in [1.82, 2.24) is 20.0 Å². The second kappa shape index (κ2) is 7.31. The quantitative estimate of drug-likeness (QED) is 0.702. The predicted octanol–water partition coefficient (Wildman–Crippen LogP) is 1.87. The molecule has 9 nitrogen and oxygen atoms in total. The van der Waals surface area contributed by atoms with Gasteiger partial charge in [-0.15, -0.1) is 4.80 Å². The summed E-state index contributed by atoms with van der Waals surface area (Å²) in [6.07, 6.45) is 3.06. The van der Waals surface area contributed by atoms with Crippen LogP contribution >= 0.6 is 0 Å². The molecule has 2 saturated heterocycles. The van der Waals surface area contributed by atoms with Crippen LogP contribution in [0.25, 0.3) is 16.9 Å². The number of hydrogen-bond acceptors (Lipinski definition) is 8. The number of ether oxygens (including phenoxy) is 2. The zero-order valence-electron chi connectivity index (χ0n) is 16.5. The van der Waals surface area contributed by atoms with Crippen molar-refractivity contribution < 1.29 is 9.47 Å². The van der Waals surface area contributed by atoms with Crippen LogP contribution in [-0.4, -0.2) is 53.4 Å². The summed E-state index contributed by atoms with van der Waals surface area (Å²) in [5.74, 6) is 2.42. The van der Waals surface area contributed by atoms with Gasteiger partial charge in [-0.25, -0.2) is 4.98 Å². The standard InChI is InChI=1S/C21H21N7O2/c1-29-17-5-13(4-16(6-17)27-9-14-11-30-12-15(14)10-27)18-7-20(23)26-21(19(18)8-22)28-24-2-3-25-28/h2-7,14-15H,9-12H2,1H3,(H2,23,26). The van der Waals surface area contributed by atoms with Crippen LogP contribution in [0.5, 0.6) is 5.75 Å². The zero-order valence-corrected chi connectivity index (χ0v) is 16.5. The van der Waals surface area contributed by atoms with E-state index in [9.17, 15) is 5.26 Å². The number of anilines is 2. The zero-order chi connectivity index (χ0) is 20.7. The van der Waals surface area contributed by atoms with Crippen molar-refractivity contribution in [2.75, 3.05) is 44.0 Å². The van der Waals surface area contributed by atoms with Crippen molar-refractivity contribution in [3.8, 4) is 28.8 Å². The number of benzene rings is 1. The van der Waals surface area contributed by atoms with E-state index in [0.717, 1.165) is 37.6 Å². The Balaban J connectivity index is 1.61. The Labute approximate surface area is 173 Å². The minimum atomic E-state index is 0.286. The fourth-order valence-electron chi connectivity index (χ4n) is 4.30. The van der Waals surface area contributed by atoms with Crippen LogP contribution in [0.1, 0.15) is 5.56 Å². The number of nitrogen functional groups attached to an aromatic ring is 1. The Morgan fingerprint density at radius 1 is 1.13 bits per heavy atom. The first-order valence-electron chi connectivity index (χ1n) is 9.75. The average Bonchev–Trinajstić information content (AvgIpc) is 3.50. The lowest BCUT2D eigenvalue weighted by atomic mass is 10.00. The Morgan fingerprint density at radius 2 is 1.87 bits per heavy atom. The fourth-order valence-corrected chi connectivity index (χ4v) is 4.30. The summed E-state index contributed by atoms with van der Waals surface area (Å²) < 4.78 is 11.2. The summed E-state index contributed by atoms with van der Waals surface area (Å²) in [5.41, 5.74) is 8.98. The summed E-state index contributed by atoms with van der Waals surface area (Å²) in [4.78, 5) is 7.96. The average molecular weight is 403 g/mol. The van der Waals surface area contributed by atoms with Gasteiger partial charge in [0.15, 0.2) is 5.82 Å². The lowest BCUT2D eigenvalue weighted by Gasteiger charge is -2.22. The molecule has 0 radical (unpaired) electrons. The van der Waals surface area contributed by atoms with Gasteiger partial charge in [-0.3, -0.25) is 0 Å². The van der Waals surface area contributed by atoms with Gasteiger partial charge in [-0.1, -0.05) is 0 Å². The van der Waals surface area contributed by atoms with Gasteiger partial charge in [0.2, 0.25) is 0 Å². The fraction of sp³-hybridized carbons (Fsp3) is 0.333. The maximum absolute atomic E-state index is 9.91. The highest BCUT2D eigenvalue weighted by molar-refractivity contribution is 5.79.